The van der Waals surface area contributed by atoms with Crippen molar-refractivity contribution in [3.8, 4) is 0 Å². The number of hydrogen-bond acceptors (Lipinski definition) is 28. The van der Waals surface area contributed by atoms with Gasteiger partial charge in [-0.15, -0.1) is 46.4 Å². The summed E-state index contributed by atoms with van der Waals surface area (Å²) in [6, 6.07) is 0. The minimum Gasteiger partial charge on any atom is -0.394 e. The van der Waals surface area contributed by atoms with E-state index in [1.54, 1.807) is 13.8 Å². The standard InChI is InChI=1S/2C19H23Cl2N8O10P/c1-6-25-14-11(15(32)26-6)23-4-28(14)17-10(21)13(7(2-30)37-17)39-40(34,35)36-3-8-12(31)9(20)16(38-8)29-5-24-18(22)27-19(29)33;1-6-25-14-11(15(32)26-6)23-4-28(14)16-9(20)12(31)8(38-16)3-36-40(34,35)39-13-7(2-30)37-17(10(13)21)29-5-24-18(22)27-19(29)33/h2*4-5,7-10,12-13,16-17,30-31H,2-3H2,1H3,(H,34,35)(H2,22,27,33)(H,25,26,32)/t2*7-,8-,9?,10?,12+,13+,16-,17-/m11/s1. The number of anilines is 2. The van der Waals surface area contributed by atoms with E-state index in [0.29, 0.717) is 11.6 Å². The minimum atomic E-state index is -4.92. The average molecular weight is 1250 g/mol. The summed E-state index contributed by atoms with van der Waals surface area (Å²) >= 11 is 25.5. The van der Waals surface area contributed by atoms with Gasteiger partial charge in [0.25, 0.3) is 11.1 Å². The first-order valence-electron chi connectivity index (χ1n) is 23.2. The fourth-order valence-electron chi connectivity index (χ4n) is 8.72. The number of nitrogen functional groups attached to an aromatic ring is 2. The number of fused-ring (bicyclic) bond motifs is 2. The van der Waals surface area contributed by atoms with Crippen molar-refractivity contribution >= 4 is 96.3 Å². The molecular formula is C38H46Cl4N16O20P2. The highest BCUT2D eigenvalue weighted by Gasteiger charge is 2.52. The van der Waals surface area contributed by atoms with Crippen LogP contribution < -0.4 is 34.0 Å². The molecule has 4 fully saturated rings. The van der Waals surface area contributed by atoms with E-state index in [1.807, 2.05) is 0 Å². The van der Waals surface area contributed by atoms with Gasteiger partial charge in [-0.25, -0.2) is 48.6 Å². The van der Waals surface area contributed by atoms with Gasteiger partial charge in [-0.3, -0.25) is 46.0 Å². The number of nitrogens with two attached hydrogens (primary N) is 2. The molecule has 0 spiro atoms. The van der Waals surface area contributed by atoms with Crippen molar-refractivity contribution in [3.63, 3.8) is 0 Å². The average Bonchev–Trinajstić information content (AvgIpc) is 4.26. The molecule has 0 aliphatic carbocycles. The first kappa shape index (κ1) is 59.6. The Bertz CT molecular complexity index is 3600. The van der Waals surface area contributed by atoms with E-state index < -0.39 is 160 Å². The van der Waals surface area contributed by atoms with Gasteiger partial charge in [-0.05, 0) is 13.8 Å². The molecule has 12 N–H and O–H groups in total. The molecule has 10 heterocycles. The van der Waals surface area contributed by atoms with Crippen LogP contribution in [0.2, 0.25) is 0 Å². The number of aliphatic hydroxyl groups is 4. The summed E-state index contributed by atoms with van der Waals surface area (Å²) in [5.74, 6) is 0.0500. The number of aryl methyl sites for hydroxylation is 2. The van der Waals surface area contributed by atoms with Gasteiger partial charge in [0.05, 0.1) is 39.1 Å². The Kier molecular flexibility index (Phi) is 17.6. The molecule has 0 aromatic carbocycles. The van der Waals surface area contributed by atoms with Crippen LogP contribution in [-0.2, 0) is 46.2 Å². The van der Waals surface area contributed by atoms with Crippen LogP contribution in [0.5, 0.6) is 0 Å². The van der Waals surface area contributed by atoms with Crippen molar-refractivity contribution in [2.75, 3.05) is 37.9 Å². The molecule has 36 nitrogen and oxygen atoms in total. The summed E-state index contributed by atoms with van der Waals surface area (Å²) in [7, 11) is -9.84. The lowest BCUT2D eigenvalue weighted by atomic mass is 10.2. The number of phosphoric acid groups is 2. The second kappa shape index (κ2) is 23.7. The molecule has 6 aromatic rings. The highest BCUT2D eigenvalue weighted by Crippen LogP contribution is 2.52. The highest BCUT2D eigenvalue weighted by molar-refractivity contribution is 7.47. The van der Waals surface area contributed by atoms with Crippen LogP contribution in [-0.4, -0.2) is 195 Å². The number of aromatic amines is 2. The van der Waals surface area contributed by atoms with E-state index in [9.17, 15) is 58.5 Å². The number of H-pyrrole nitrogens is 2. The lowest BCUT2D eigenvalue weighted by Crippen LogP contribution is -2.35. The molecule has 18 atom stereocenters. The fraction of sp³-hybridized carbons (Fsp3) is 0.579. The Morgan fingerprint density at radius 1 is 0.562 bits per heavy atom. The van der Waals surface area contributed by atoms with Gasteiger partial charge in [-0.1, -0.05) is 0 Å². The number of aliphatic hydroxyl groups excluding tert-OH is 4. The van der Waals surface area contributed by atoms with Crippen LogP contribution in [0.15, 0.2) is 44.5 Å². The monoisotopic (exact) mass is 1250 g/mol. The van der Waals surface area contributed by atoms with Crippen LogP contribution in [0.1, 0.15) is 36.6 Å². The van der Waals surface area contributed by atoms with Gasteiger partial charge in [-0.2, -0.15) is 9.97 Å². The molecular weight excluding hydrogens is 1200 g/mol. The van der Waals surface area contributed by atoms with Gasteiger partial charge < -0.3 is 70.6 Å². The lowest BCUT2D eigenvalue weighted by molar-refractivity contribution is -0.0567. The number of imidazole rings is 2. The molecule has 6 aromatic heterocycles. The van der Waals surface area contributed by atoms with Gasteiger partial charge in [0, 0.05) is 0 Å². The van der Waals surface area contributed by atoms with Crippen LogP contribution in [0, 0.1) is 13.8 Å². The molecule has 42 heteroatoms. The molecule has 0 amide bonds. The van der Waals surface area contributed by atoms with Crippen LogP contribution in [0.25, 0.3) is 22.3 Å². The van der Waals surface area contributed by atoms with E-state index in [1.165, 1.54) is 21.8 Å². The number of phosphoric ester groups is 2. The Morgan fingerprint density at radius 3 is 1.27 bits per heavy atom. The molecule has 80 heavy (non-hydrogen) atoms. The van der Waals surface area contributed by atoms with Crippen molar-refractivity contribution < 1.29 is 76.4 Å². The summed E-state index contributed by atoms with van der Waals surface area (Å²) in [6.07, 6.45) is -10.6. The zero-order valence-corrected chi connectivity index (χ0v) is 45.5. The zero-order valence-electron chi connectivity index (χ0n) is 40.7. The predicted octanol–water partition coefficient (Wildman–Crippen LogP) is -2.95. The summed E-state index contributed by atoms with van der Waals surface area (Å²) in [4.78, 5) is 105. The Labute approximate surface area is 464 Å². The second-order valence-electron chi connectivity index (χ2n) is 17.8. The first-order chi connectivity index (χ1) is 37.8. The van der Waals surface area contributed by atoms with Crippen LogP contribution >= 0.6 is 62.0 Å². The number of halogens is 4. The number of alkyl halides is 4. The third-order valence-corrected chi connectivity index (χ3v) is 16.3. The SMILES string of the molecule is Cc1nc2c(ncn2[C@@H]2O[C@H](CO)[C@H](OP(=O)(O)OC[C@H]3O[C@@H](n4cnc(N)nc4=O)C(Cl)[C@H]3O)C2Cl)c(=O)[nH]1.Cc1nc2c(ncn2[C@@H]2O[C@H](COP(=O)(O)O[C@@H]3C(Cl)[C@H](n4cnc(N)nc4=O)O[C@@H]3CO)[C@H](O)C2Cl)c(=O)[nH]1. The first-order valence-corrected chi connectivity index (χ1v) is 27.9. The molecule has 436 valence electrons. The Balaban J connectivity index is 0.000000194. The Hall–Kier alpha value is -5.02. The summed E-state index contributed by atoms with van der Waals surface area (Å²) in [5.41, 5.74) is 8.43. The van der Waals surface area contributed by atoms with E-state index in [-0.39, 0.29) is 34.2 Å². The van der Waals surface area contributed by atoms with Gasteiger partial charge in [0.1, 0.15) is 94.6 Å². The maximum Gasteiger partial charge on any atom is 0.472 e. The van der Waals surface area contributed by atoms with Crippen molar-refractivity contribution in [1.82, 2.24) is 68.1 Å². The van der Waals surface area contributed by atoms with E-state index in [2.05, 4.69) is 49.8 Å². The fourth-order valence-corrected chi connectivity index (χ4v) is 12.3. The van der Waals surface area contributed by atoms with Gasteiger partial charge in [0.2, 0.25) is 11.9 Å². The maximum absolute atomic E-state index is 12.8. The number of aromatic nitrogens is 14. The van der Waals surface area contributed by atoms with Crippen LogP contribution in [0.3, 0.4) is 0 Å². The number of rotatable bonds is 16. The molecule has 4 aliphatic rings. The minimum absolute atomic E-state index is 0.0120. The molecule has 6 unspecified atom stereocenters. The molecule has 0 bridgehead atoms. The van der Waals surface area contributed by atoms with Crippen LogP contribution in [0.4, 0.5) is 11.9 Å². The molecule has 4 saturated heterocycles. The van der Waals surface area contributed by atoms with Crippen molar-refractivity contribution in [1.29, 1.82) is 0 Å². The van der Waals surface area contributed by atoms with E-state index >= 15 is 0 Å². The van der Waals surface area contributed by atoms with Crippen molar-refractivity contribution in [3.05, 3.63) is 78.6 Å². The third kappa shape index (κ3) is 12.1. The summed E-state index contributed by atoms with van der Waals surface area (Å²) in [6.45, 7) is 0.447. The summed E-state index contributed by atoms with van der Waals surface area (Å²) < 4.78 is 73.3. The van der Waals surface area contributed by atoms with Crippen molar-refractivity contribution in [2.24, 2.45) is 0 Å². The smallest absolute Gasteiger partial charge is 0.394 e. The number of nitrogens with zero attached hydrogens (tertiary/aromatic N) is 12. The topological polar surface area (TPSA) is 504 Å². The molecule has 0 saturated carbocycles. The largest absolute Gasteiger partial charge is 0.472 e. The normalized spacial score (nSPS) is 32.0. The maximum atomic E-state index is 12.8. The van der Waals surface area contributed by atoms with E-state index in [0.717, 1.165) is 21.8 Å². The van der Waals surface area contributed by atoms with E-state index in [4.69, 9.17) is 94.9 Å². The zero-order chi connectivity index (χ0) is 57.9. The Morgan fingerprint density at radius 2 is 0.900 bits per heavy atom. The molecule has 0 radical (unpaired) electrons. The number of ether oxygens (including phenoxy) is 4. The lowest BCUT2D eigenvalue weighted by Gasteiger charge is -2.23. The number of nitrogens with one attached hydrogen (secondary N) is 2. The quantitative estimate of drug-likeness (QED) is 0.0342. The highest BCUT2D eigenvalue weighted by atomic mass is 35.5. The summed E-state index contributed by atoms with van der Waals surface area (Å²) in [5, 5.41) is 35.9. The van der Waals surface area contributed by atoms with Gasteiger partial charge >= 0.3 is 27.0 Å². The second-order valence-corrected chi connectivity index (χ2v) is 22.6. The number of hydrogen-bond donors (Lipinski definition) is 10. The van der Waals surface area contributed by atoms with Gasteiger partial charge in [0.15, 0.2) is 47.2 Å². The molecule has 10 rings (SSSR count). The molecule has 4 aliphatic heterocycles. The van der Waals surface area contributed by atoms with Crippen molar-refractivity contribution in [2.45, 2.75) is 109 Å². The third-order valence-electron chi connectivity index (χ3n) is 12.5. The predicted molar refractivity (Wildman–Crippen MR) is 269 cm³/mol.